The van der Waals surface area contributed by atoms with E-state index in [1.165, 1.54) is 18.5 Å². The highest BCUT2D eigenvalue weighted by Crippen LogP contribution is 2.25. The van der Waals surface area contributed by atoms with Crippen molar-refractivity contribution >= 4 is 35.0 Å². The van der Waals surface area contributed by atoms with Crippen LogP contribution in [0.1, 0.15) is 0 Å². The normalized spacial score (nSPS) is 10.4. The predicted octanol–water partition coefficient (Wildman–Crippen LogP) is 2.92. The molecule has 0 amide bonds. The second kappa shape index (κ2) is 4.16. The van der Waals surface area contributed by atoms with Crippen molar-refractivity contribution in [2.45, 2.75) is 10.4 Å². The van der Waals surface area contributed by atoms with E-state index in [2.05, 4.69) is 15.0 Å². The molecule has 0 spiro atoms. The molecule has 14 heavy (non-hydrogen) atoms. The van der Waals surface area contributed by atoms with Crippen molar-refractivity contribution in [1.29, 1.82) is 0 Å². The Balaban J connectivity index is 2.25. The lowest BCUT2D eigenvalue weighted by Gasteiger charge is -1.96. The molecule has 2 aromatic rings. The van der Waals surface area contributed by atoms with Crippen LogP contribution < -0.4 is 0 Å². The second-order valence-corrected chi connectivity index (χ2v) is 3.89. The van der Waals surface area contributed by atoms with Gasteiger partial charge in [-0.2, -0.15) is 0 Å². The topological polar surface area (TPSA) is 51.8 Å². The summed E-state index contributed by atoms with van der Waals surface area (Å²) in [5.41, 5.74) is 0. The summed E-state index contributed by atoms with van der Waals surface area (Å²) in [6, 6.07) is 1.46. The van der Waals surface area contributed by atoms with Gasteiger partial charge in [-0.25, -0.2) is 15.0 Å². The van der Waals surface area contributed by atoms with Gasteiger partial charge in [-0.1, -0.05) is 23.2 Å². The average Bonchev–Trinajstić information content (AvgIpc) is 2.54. The summed E-state index contributed by atoms with van der Waals surface area (Å²) < 4.78 is 5.00. The average molecular weight is 248 g/mol. The van der Waals surface area contributed by atoms with Crippen LogP contribution in [0.25, 0.3) is 0 Å². The van der Waals surface area contributed by atoms with E-state index in [9.17, 15) is 0 Å². The van der Waals surface area contributed by atoms with Gasteiger partial charge >= 0.3 is 0 Å². The van der Waals surface area contributed by atoms with Gasteiger partial charge in [0.1, 0.15) is 16.6 Å². The van der Waals surface area contributed by atoms with Crippen LogP contribution in [0.15, 0.2) is 33.3 Å². The Hall–Kier alpha value is -0.780. The molecular weight excluding hydrogens is 245 g/mol. The molecule has 4 nitrogen and oxygen atoms in total. The van der Waals surface area contributed by atoms with E-state index in [1.807, 2.05) is 0 Å². The standard InChI is InChI=1S/C7H3Cl2N3OS/c8-4-3-5(9)12-6(11-4)14-7-10-1-2-13-7/h1-3H. The highest BCUT2D eigenvalue weighted by Gasteiger charge is 2.06. The zero-order valence-corrected chi connectivity index (χ0v) is 8.97. The largest absolute Gasteiger partial charge is 0.440 e. The van der Waals surface area contributed by atoms with E-state index in [1.54, 1.807) is 0 Å². The fourth-order valence-electron chi connectivity index (χ4n) is 0.755. The smallest absolute Gasteiger partial charge is 0.263 e. The molecule has 0 fully saturated rings. The number of nitrogens with zero attached hydrogens (tertiary/aromatic N) is 3. The van der Waals surface area contributed by atoms with Crippen molar-refractivity contribution in [2.24, 2.45) is 0 Å². The van der Waals surface area contributed by atoms with Crippen molar-refractivity contribution in [3.8, 4) is 0 Å². The number of hydrogen-bond acceptors (Lipinski definition) is 5. The Morgan fingerprint density at radius 2 is 1.93 bits per heavy atom. The fourth-order valence-corrected chi connectivity index (χ4v) is 1.94. The van der Waals surface area contributed by atoms with Crippen LogP contribution in [-0.4, -0.2) is 15.0 Å². The van der Waals surface area contributed by atoms with Crippen LogP contribution in [0.5, 0.6) is 0 Å². The lowest BCUT2D eigenvalue weighted by atomic mass is 10.7. The molecule has 0 aliphatic carbocycles. The molecule has 2 aromatic heterocycles. The highest BCUT2D eigenvalue weighted by molar-refractivity contribution is 7.98. The van der Waals surface area contributed by atoms with Gasteiger partial charge in [-0.15, -0.1) is 0 Å². The van der Waals surface area contributed by atoms with Crippen LogP contribution in [0.2, 0.25) is 10.3 Å². The first-order chi connectivity index (χ1) is 6.74. The molecule has 2 heterocycles. The first-order valence-electron chi connectivity index (χ1n) is 3.51. The summed E-state index contributed by atoms with van der Waals surface area (Å²) in [6.45, 7) is 0. The third kappa shape index (κ3) is 2.37. The molecule has 0 N–H and O–H groups in total. The maximum atomic E-state index is 5.69. The molecule has 7 heteroatoms. The van der Waals surface area contributed by atoms with Crippen molar-refractivity contribution in [3.63, 3.8) is 0 Å². The third-order valence-electron chi connectivity index (χ3n) is 1.23. The Morgan fingerprint density at radius 1 is 1.21 bits per heavy atom. The van der Waals surface area contributed by atoms with Crippen molar-refractivity contribution in [2.75, 3.05) is 0 Å². The first kappa shape index (κ1) is 9.76. The van der Waals surface area contributed by atoms with E-state index in [4.69, 9.17) is 27.6 Å². The molecule has 0 saturated heterocycles. The van der Waals surface area contributed by atoms with Gasteiger partial charge in [-0.05, 0) is 0 Å². The predicted molar refractivity (Wildman–Crippen MR) is 52.7 cm³/mol. The Bertz CT molecular complexity index is 414. The number of rotatable bonds is 2. The monoisotopic (exact) mass is 247 g/mol. The molecular formula is C7H3Cl2N3OS. The highest BCUT2D eigenvalue weighted by atomic mass is 35.5. The molecule has 0 saturated carbocycles. The zero-order chi connectivity index (χ0) is 9.97. The summed E-state index contributed by atoms with van der Waals surface area (Å²) in [5, 5.41) is 1.44. The first-order valence-corrected chi connectivity index (χ1v) is 5.09. The molecule has 2 rings (SSSR count). The Kier molecular flexibility index (Phi) is 2.90. The minimum Gasteiger partial charge on any atom is -0.440 e. The van der Waals surface area contributed by atoms with Gasteiger partial charge in [0.05, 0.1) is 6.20 Å². The minimum atomic E-state index is 0.291. The SMILES string of the molecule is Clc1cc(Cl)nc(Sc2ncco2)n1. The molecule has 0 radical (unpaired) electrons. The summed E-state index contributed by atoms with van der Waals surface area (Å²) in [5.74, 6) is 0. The summed E-state index contributed by atoms with van der Waals surface area (Å²) >= 11 is 12.5. The van der Waals surface area contributed by atoms with E-state index >= 15 is 0 Å². The lowest BCUT2D eigenvalue weighted by molar-refractivity contribution is 0.453. The van der Waals surface area contributed by atoms with Crippen LogP contribution in [0, 0.1) is 0 Å². The zero-order valence-electron chi connectivity index (χ0n) is 6.65. The molecule has 0 bridgehead atoms. The van der Waals surface area contributed by atoms with Gasteiger partial charge in [0, 0.05) is 17.8 Å². The summed E-state index contributed by atoms with van der Waals surface area (Å²) in [4.78, 5) is 11.8. The summed E-state index contributed by atoms with van der Waals surface area (Å²) in [7, 11) is 0. The van der Waals surface area contributed by atoms with Crippen molar-refractivity contribution in [3.05, 3.63) is 28.8 Å². The lowest BCUT2D eigenvalue weighted by Crippen LogP contribution is -1.87. The second-order valence-electron chi connectivity index (χ2n) is 2.20. The van der Waals surface area contributed by atoms with Gasteiger partial charge in [-0.3, -0.25) is 0 Å². The fraction of sp³-hybridized carbons (Fsp3) is 0. The van der Waals surface area contributed by atoms with Crippen LogP contribution >= 0.6 is 35.0 Å². The quantitative estimate of drug-likeness (QED) is 0.604. The van der Waals surface area contributed by atoms with E-state index in [0.29, 0.717) is 20.7 Å². The van der Waals surface area contributed by atoms with Gasteiger partial charge < -0.3 is 4.42 Å². The molecule has 0 atom stereocenters. The third-order valence-corrected chi connectivity index (χ3v) is 2.36. The molecule has 72 valence electrons. The van der Waals surface area contributed by atoms with Gasteiger partial charge in [0.15, 0.2) is 5.16 Å². The molecule has 0 aromatic carbocycles. The number of halogens is 2. The molecule has 0 aliphatic rings. The molecule has 0 unspecified atom stereocenters. The Labute approximate surface area is 93.7 Å². The molecule has 0 aliphatic heterocycles. The van der Waals surface area contributed by atoms with Crippen LogP contribution in [0.4, 0.5) is 0 Å². The van der Waals surface area contributed by atoms with E-state index in [-0.39, 0.29) is 0 Å². The van der Waals surface area contributed by atoms with Crippen LogP contribution in [0.3, 0.4) is 0 Å². The number of hydrogen-bond donors (Lipinski definition) is 0. The van der Waals surface area contributed by atoms with Crippen LogP contribution in [-0.2, 0) is 0 Å². The summed E-state index contributed by atoms with van der Waals surface area (Å²) in [6.07, 6.45) is 3.00. The van der Waals surface area contributed by atoms with Crippen molar-refractivity contribution in [1.82, 2.24) is 15.0 Å². The number of oxazole rings is 1. The van der Waals surface area contributed by atoms with Crippen molar-refractivity contribution < 1.29 is 4.42 Å². The van der Waals surface area contributed by atoms with E-state index in [0.717, 1.165) is 11.8 Å². The van der Waals surface area contributed by atoms with Gasteiger partial charge in [0.2, 0.25) is 0 Å². The number of aromatic nitrogens is 3. The van der Waals surface area contributed by atoms with Gasteiger partial charge in [0.25, 0.3) is 5.22 Å². The Morgan fingerprint density at radius 3 is 2.50 bits per heavy atom. The minimum absolute atomic E-state index is 0.291. The maximum absolute atomic E-state index is 5.69. The van der Waals surface area contributed by atoms with E-state index < -0.39 is 0 Å². The maximum Gasteiger partial charge on any atom is 0.263 e.